The van der Waals surface area contributed by atoms with Crippen LogP contribution in [0, 0.1) is 0 Å². The summed E-state index contributed by atoms with van der Waals surface area (Å²) in [5.74, 6) is 0.692. The number of ether oxygens (including phenoxy) is 1. The zero-order valence-electron chi connectivity index (χ0n) is 16.2. The van der Waals surface area contributed by atoms with Gasteiger partial charge in [-0.05, 0) is 34.1 Å². The molecule has 0 fully saturated rings. The maximum absolute atomic E-state index is 11.6. The first-order valence-electron chi connectivity index (χ1n) is 8.37. The molecule has 0 atom stereocenters. The summed E-state index contributed by atoms with van der Waals surface area (Å²) in [4.78, 5) is 15.6. The molecule has 0 aliphatic rings. The number of nitrogens with zero attached hydrogens (tertiary/aromatic N) is 2. The number of hydrogen-bond acceptors (Lipinski definition) is 5. The second kappa shape index (κ2) is 11.1. The van der Waals surface area contributed by atoms with Gasteiger partial charge in [-0.25, -0.2) is 17.5 Å². The highest BCUT2D eigenvalue weighted by Crippen LogP contribution is 2.05. The number of sulfonamides is 1. The minimum atomic E-state index is -3.14. The molecule has 0 aliphatic carbocycles. The van der Waals surface area contributed by atoms with E-state index >= 15 is 0 Å². The van der Waals surface area contributed by atoms with Crippen LogP contribution in [-0.2, 0) is 14.8 Å². The lowest BCUT2D eigenvalue weighted by atomic mass is 10.2. The molecular weight excluding hydrogens is 346 g/mol. The van der Waals surface area contributed by atoms with E-state index in [4.69, 9.17) is 4.74 Å². The van der Waals surface area contributed by atoms with Gasteiger partial charge in [0.15, 0.2) is 5.96 Å². The first-order chi connectivity index (χ1) is 11.5. The van der Waals surface area contributed by atoms with E-state index in [1.807, 2.05) is 0 Å². The third-order valence-electron chi connectivity index (χ3n) is 3.09. The number of amides is 1. The van der Waals surface area contributed by atoms with Crippen LogP contribution >= 0.6 is 0 Å². The number of nitrogens with one attached hydrogen (secondary N) is 3. The first-order valence-corrected chi connectivity index (χ1v) is 9.98. The van der Waals surface area contributed by atoms with Gasteiger partial charge < -0.3 is 20.7 Å². The summed E-state index contributed by atoms with van der Waals surface area (Å²) in [6, 6.07) is 0. The number of rotatable bonds is 9. The van der Waals surface area contributed by atoms with E-state index in [0.29, 0.717) is 38.6 Å². The van der Waals surface area contributed by atoms with Crippen molar-refractivity contribution < 1.29 is 17.9 Å². The zero-order valence-corrected chi connectivity index (χ0v) is 17.0. The Kier molecular flexibility index (Phi) is 10.4. The molecule has 0 unspecified atom stereocenters. The Morgan fingerprint density at radius 2 is 1.68 bits per heavy atom. The molecule has 0 aromatic heterocycles. The Balaban J connectivity index is 3.93. The highest BCUT2D eigenvalue weighted by atomic mass is 32.2. The van der Waals surface area contributed by atoms with Gasteiger partial charge in [0.05, 0.1) is 5.75 Å². The molecule has 0 aromatic rings. The molecule has 148 valence electrons. The van der Waals surface area contributed by atoms with Crippen molar-refractivity contribution in [2.45, 2.75) is 39.7 Å². The van der Waals surface area contributed by atoms with Crippen molar-refractivity contribution in [1.82, 2.24) is 20.3 Å². The van der Waals surface area contributed by atoms with Gasteiger partial charge in [-0.15, -0.1) is 0 Å². The molecule has 3 N–H and O–H groups in total. The van der Waals surface area contributed by atoms with Crippen LogP contribution in [-0.4, -0.2) is 76.4 Å². The number of aliphatic imine (C=N–C) groups is 1. The molecule has 0 radical (unpaired) electrons. The van der Waals surface area contributed by atoms with E-state index in [0.717, 1.165) is 0 Å². The number of guanidine groups is 1. The second-order valence-corrected chi connectivity index (χ2v) is 8.79. The van der Waals surface area contributed by atoms with Gasteiger partial charge in [0.2, 0.25) is 10.0 Å². The number of carbonyl (C=O) groups is 1. The molecule has 10 heteroatoms. The summed E-state index contributed by atoms with van der Waals surface area (Å²) in [6.07, 6.45) is 0.199. The predicted molar refractivity (Wildman–Crippen MR) is 100 cm³/mol. The average Bonchev–Trinajstić information content (AvgIpc) is 2.51. The molecule has 25 heavy (non-hydrogen) atoms. The van der Waals surface area contributed by atoms with Gasteiger partial charge in [-0.1, -0.05) is 0 Å². The minimum Gasteiger partial charge on any atom is -0.444 e. The highest BCUT2D eigenvalue weighted by molar-refractivity contribution is 7.89. The largest absolute Gasteiger partial charge is 0.444 e. The number of alkyl carbamates (subject to hydrolysis) is 1. The first kappa shape index (κ1) is 23.4. The fraction of sp³-hybridized carbons (Fsp3) is 0.867. The zero-order chi connectivity index (χ0) is 19.5. The summed E-state index contributed by atoms with van der Waals surface area (Å²) >= 11 is 0. The third kappa shape index (κ3) is 11.6. The molecule has 0 aliphatic heterocycles. The van der Waals surface area contributed by atoms with E-state index in [2.05, 4.69) is 20.9 Å². The second-order valence-electron chi connectivity index (χ2n) is 6.43. The highest BCUT2D eigenvalue weighted by Gasteiger charge is 2.15. The van der Waals surface area contributed by atoms with Crippen LogP contribution in [0.25, 0.3) is 0 Å². The summed E-state index contributed by atoms with van der Waals surface area (Å²) in [5.41, 5.74) is -0.520. The van der Waals surface area contributed by atoms with Crippen LogP contribution < -0.4 is 16.0 Å². The molecule has 0 heterocycles. The van der Waals surface area contributed by atoms with Crippen LogP contribution in [0.5, 0.6) is 0 Å². The van der Waals surface area contributed by atoms with Crippen molar-refractivity contribution in [3.8, 4) is 0 Å². The van der Waals surface area contributed by atoms with Crippen LogP contribution in [0.4, 0.5) is 4.79 Å². The molecule has 0 spiro atoms. The molecule has 1 amide bonds. The standard InChI is InChI=1S/C15H33N5O4S/c1-7-25(22,23)20(6)12-8-9-17-13(16-5)18-10-11-19-14(21)24-15(2,3)4/h7-12H2,1-6H3,(H,19,21)(H2,16,17,18). The maximum Gasteiger partial charge on any atom is 0.407 e. The Bertz CT molecular complexity index is 529. The molecular formula is C15H33N5O4S. The maximum atomic E-state index is 11.6. The fourth-order valence-electron chi connectivity index (χ4n) is 1.75. The third-order valence-corrected chi connectivity index (χ3v) is 4.95. The number of carbonyl (C=O) groups excluding carboxylic acids is 1. The van der Waals surface area contributed by atoms with Crippen LogP contribution in [0.2, 0.25) is 0 Å². The Labute approximate surface area is 151 Å². The molecule has 0 rings (SSSR count). The van der Waals surface area contributed by atoms with Crippen LogP contribution in [0.15, 0.2) is 4.99 Å². The predicted octanol–water partition coefficient (Wildman–Crippen LogP) is 0.348. The molecule has 0 saturated heterocycles. The summed E-state index contributed by atoms with van der Waals surface area (Å²) in [7, 11) is 0.0850. The van der Waals surface area contributed by atoms with Crippen LogP contribution in [0.3, 0.4) is 0 Å². The lowest BCUT2D eigenvalue weighted by Crippen LogP contribution is -2.43. The van der Waals surface area contributed by atoms with Crippen molar-refractivity contribution in [1.29, 1.82) is 0 Å². The van der Waals surface area contributed by atoms with Crippen molar-refractivity contribution in [3.05, 3.63) is 0 Å². The summed E-state index contributed by atoms with van der Waals surface area (Å²) < 4.78 is 29.7. The topological polar surface area (TPSA) is 112 Å². The van der Waals surface area contributed by atoms with Crippen LogP contribution in [0.1, 0.15) is 34.1 Å². The Morgan fingerprint density at radius 3 is 2.20 bits per heavy atom. The van der Waals surface area contributed by atoms with E-state index in [1.165, 1.54) is 4.31 Å². The van der Waals surface area contributed by atoms with Gasteiger partial charge in [0, 0.05) is 40.3 Å². The number of hydrogen-bond donors (Lipinski definition) is 3. The minimum absolute atomic E-state index is 0.102. The fourth-order valence-corrected chi connectivity index (χ4v) is 2.60. The molecule has 9 nitrogen and oxygen atoms in total. The monoisotopic (exact) mass is 379 g/mol. The molecule has 0 saturated carbocycles. The summed E-state index contributed by atoms with van der Waals surface area (Å²) in [5, 5.41) is 8.79. The quantitative estimate of drug-likeness (QED) is 0.303. The lowest BCUT2D eigenvalue weighted by molar-refractivity contribution is 0.0529. The Hall–Kier alpha value is -1.55. The summed E-state index contributed by atoms with van der Waals surface area (Å²) in [6.45, 7) is 8.96. The van der Waals surface area contributed by atoms with E-state index in [-0.39, 0.29) is 5.75 Å². The van der Waals surface area contributed by atoms with Crippen molar-refractivity contribution in [3.63, 3.8) is 0 Å². The van der Waals surface area contributed by atoms with Gasteiger partial charge >= 0.3 is 6.09 Å². The lowest BCUT2D eigenvalue weighted by Gasteiger charge is -2.20. The Morgan fingerprint density at radius 1 is 1.12 bits per heavy atom. The average molecular weight is 380 g/mol. The van der Waals surface area contributed by atoms with Gasteiger partial charge in [0.25, 0.3) is 0 Å². The van der Waals surface area contributed by atoms with Crippen molar-refractivity contribution in [2.24, 2.45) is 4.99 Å². The normalized spacial score (nSPS) is 12.8. The van der Waals surface area contributed by atoms with Crippen molar-refractivity contribution in [2.75, 3.05) is 46.0 Å². The van der Waals surface area contributed by atoms with E-state index in [9.17, 15) is 13.2 Å². The SMILES string of the molecule is CCS(=O)(=O)N(C)CCCNC(=NC)NCCNC(=O)OC(C)(C)C. The van der Waals surface area contributed by atoms with Gasteiger partial charge in [-0.2, -0.15) is 0 Å². The smallest absolute Gasteiger partial charge is 0.407 e. The van der Waals surface area contributed by atoms with E-state index in [1.54, 1.807) is 41.8 Å². The molecule has 0 bridgehead atoms. The van der Waals surface area contributed by atoms with Gasteiger partial charge in [-0.3, -0.25) is 4.99 Å². The molecule has 0 aromatic carbocycles. The van der Waals surface area contributed by atoms with Gasteiger partial charge in [0.1, 0.15) is 5.60 Å². The van der Waals surface area contributed by atoms with Crippen molar-refractivity contribution >= 4 is 22.1 Å². The van der Waals surface area contributed by atoms with E-state index < -0.39 is 21.7 Å².